The zero-order valence-corrected chi connectivity index (χ0v) is 17.0. The molecule has 0 saturated carbocycles. The molecule has 1 N–H and O–H groups in total. The molecule has 0 atom stereocenters. The molecule has 0 unspecified atom stereocenters. The Morgan fingerprint density at radius 3 is 2.50 bits per heavy atom. The van der Waals surface area contributed by atoms with Gasteiger partial charge in [0.15, 0.2) is 11.3 Å². The molecule has 0 fully saturated rings. The number of hydrogen-bond donors (Lipinski definition) is 1. The van der Waals surface area contributed by atoms with Crippen molar-refractivity contribution in [2.75, 3.05) is 0 Å². The highest BCUT2D eigenvalue weighted by molar-refractivity contribution is 5.95. The molecule has 0 aliphatic rings. The zero-order chi connectivity index (χ0) is 22.1. The van der Waals surface area contributed by atoms with Gasteiger partial charge >= 0.3 is 5.97 Å². The molecule has 0 spiro atoms. The van der Waals surface area contributed by atoms with Crippen molar-refractivity contribution in [1.82, 2.24) is 29.2 Å². The molecule has 0 saturated heterocycles. The first-order chi connectivity index (χ1) is 15.6. The maximum absolute atomic E-state index is 11.6. The van der Waals surface area contributed by atoms with Crippen LogP contribution in [0.2, 0.25) is 0 Å². The van der Waals surface area contributed by atoms with E-state index < -0.39 is 5.97 Å². The Balaban J connectivity index is 1.70. The van der Waals surface area contributed by atoms with E-state index in [0.29, 0.717) is 28.1 Å². The zero-order valence-electron chi connectivity index (χ0n) is 17.0. The molecule has 5 aromatic rings. The minimum atomic E-state index is -0.999. The molecular formula is C24H16N6O2. The van der Waals surface area contributed by atoms with Gasteiger partial charge in [-0.2, -0.15) is 10.2 Å². The van der Waals surface area contributed by atoms with Crippen molar-refractivity contribution in [3.05, 3.63) is 95.3 Å². The number of aromatic nitrogens is 6. The van der Waals surface area contributed by atoms with E-state index in [1.807, 2.05) is 37.3 Å². The highest BCUT2D eigenvalue weighted by Crippen LogP contribution is 2.23. The van der Waals surface area contributed by atoms with Gasteiger partial charge in [0.05, 0.1) is 23.7 Å². The summed E-state index contributed by atoms with van der Waals surface area (Å²) < 4.78 is 3.36. The van der Waals surface area contributed by atoms with Crippen LogP contribution in [0.4, 0.5) is 0 Å². The van der Waals surface area contributed by atoms with Crippen LogP contribution in [0.15, 0.2) is 67.3 Å². The molecule has 4 heterocycles. The van der Waals surface area contributed by atoms with Crippen LogP contribution in [0, 0.1) is 18.8 Å². The van der Waals surface area contributed by atoms with Crippen LogP contribution in [-0.2, 0) is 0 Å². The number of aromatic carboxylic acids is 1. The van der Waals surface area contributed by atoms with Crippen molar-refractivity contribution in [3.63, 3.8) is 0 Å². The van der Waals surface area contributed by atoms with Crippen molar-refractivity contribution in [1.29, 1.82) is 0 Å². The number of benzene rings is 1. The summed E-state index contributed by atoms with van der Waals surface area (Å²) in [5.41, 5.74) is 5.16. The van der Waals surface area contributed by atoms with E-state index in [9.17, 15) is 9.90 Å². The molecule has 0 aliphatic carbocycles. The SMILES string of the molecule is Cc1ccc(C(=O)O)cc1/C(C#Cc1cnc2cccnn12)=C/c1cnc2cccnn12. The Bertz CT molecular complexity index is 1580. The fraction of sp³-hybridized carbons (Fsp3) is 0.0417. The van der Waals surface area contributed by atoms with Gasteiger partial charge in [-0.15, -0.1) is 0 Å². The smallest absolute Gasteiger partial charge is 0.335 e. The Morgan fingerprint density at radius 2 is 1.72 bits per heavy atom. The number of carboxylic acid groups (broad SMARTS) is 1. The lowest BCUT2D eigenvalue weighted by Crippen LogP contribution is -1.99. The standard InChI is InChI=1S/C24H16N6O2/c1-16-6-7-18(24(31)32)13-21(16)17(12-20-15-26-23-5-3-11-28-30(20)23)8-9-19-14-25-22-4-2-10-27-29(19)22/h2-7,10-15H,1H3,(H,31,32)/b17-12+. The summed E-state index contributed by atoms with van der Waals surface area (Å²) in [6.45, 7) is 1.92. The summed E-state index contributed by atoms with van der Waals surface area (Å²) >= 11 is 0. The van der Waals surface area contributed by atoms with Crippen molar-refractivity contribution < 1.29 is 9.90 Å². The predicted octanol–water partition coefficient (Wildman–Crippen LogP) is 3.37. The molecule has 0 amide bonds. The molecule has 5 rings (SSSR count). The maximum atomic E-state index is 11.6. The van der Waals surface area contributed by atoms with Gasteiger partial charge in [-0.25, -0.2) is 23.8 Å². The van der Waals surface area contributed by atoms with Gasteiger partial charge in [-0.05, 0) is 66.4 Å². The van der Waals surface area contributed by atoms with Crippen molar-refractivity contribution in [2.24, 2.45) is 0 Å². The average molecular weight is 420 g/mol. The Morgan fingerprint density at radius 1 is 1.00 bits per heavy atom. The van der Waals surface area contributed by atoms with Crippen LogP contribution in [0.3, 0.4) is 0 Å². The van der Waals surface area contributed by atoms with Crippen molar-refractivity contribution in [2.45, 2.75) is 6.92 Å². The van der Waals surface area contributed by atoms with Gasteiger partial charge in [0.25, 0.3) is 0 Å². The third-order valence-electron chi connectivity index (χ3n) is 4.97. The number of fused-ring (bicyclic) bond motifs is 2. The van der Waals surface area contributed by atoms with Gasteiger partial charge in [0.1, 0.15) is 5.69 Å². The third kappa shape index (κ3) is 3.48. The molecule has 32 heavy (non-hydrogen) atoms. The van der Waals surface area contributed by atoms with Crippen molar-refractivity contribution >= 4 is 28.9 Å². The quantitative estimate of drug-likeness (QED) is 0.450. The summed E-state index contributed by atoms with van der Waals surface area (Å²) in [7, 11) is 0. The number of aryl methyl sites for hydroxylation is 1. The maximum Gasteiger partial charge on any atom is 0.335 e. The van der Waals surface area contributed by atoms with E-state index in [1.54, 1.807) is 52.0 Å². The molecule has 8 nitrogen and oxygen atoms in total. The number of nitrogens with zero attached hydrogens (tertiary/aromatic N) is 6. The van der Waals surface area contributed by atoms with Crippen LogP contribution in [0.25, 0.3) is 22.9 Å². The van der Waals surface area contributed by atoms with Gasteiger partial charge in [0.2, 0.25) is 0 Å². The number of allylic oxidation sites excluding steroid dienone is 1. The normalized spacial score (nSPS) is 11.5. The summed E-state index contributed by atoms with van der Waals surface area (Å²) in [6.07, 6.45) is 8.56. The summed E-state index contributed by atoms with van der Waals surface area (Å²) in [5.74, 6) is 5.31. The number of carboxylic acids is 1. The summed E-state index contributed by atoms with van der Waals surface area (Å²) in [4.78, 5) is 20.3. The lowest BCUT2D eigenvalue weighted by Gasteiger charge is -2.07. The predicted molar refractivity (Wildman–Crippen MR) is 119 cm³/mol. The molecule has 8 heteroatoms. The van der Waals surface area contributed by atoms with Crippen LogP contribution < -0.4 is 0 Å². The second-order valence-corrected chi connectivity index (χ2v) is 7.06. The van der Waals surface area contributed by atoms with E-state index in [4.69, 9.17) is 0 Å². The average Bonchev–Trinajstić information content (AvgIpc) is 3.41. The van der Waals surface area contributed by atoms with Crippen LogP contribution in [0.1, 0.15) is 32.9 Å². The van der Waals surface area contributed by atoms with Gasteiger partial charge in [0, 0.05) is 18.0 Å². The highest BCUT2D eigenvalue weighted by atomic mass is 16.4. The number of carbonyl (C=O) groups is 1. The number of rotatable bonds is 3. The molecule has 1 aromatic carbocycles. The fourth-order valence-electron chi connectivity index (χ4n) is 3.37. The second kappa shape index (κ2) is 7.81. The summed E-state index contributed by atoms with van der Waals surface area (Å²) in [6, 6.07) is 12.3. The van der Waals surface area contributed by atoms with Gasteiger partial charge < -0.3 is 5.11 Å². The lowest BCUT2D eigenvalue weighted by atomic mass is 9.97. The molecule has 0 bridgehead atoms. The molecular weight excluding hydrogens is 404 g/mol. The minimum absolute atomic E-state index is 0.186. The fourth-order valence-corrected chi connectivity index (χ4v) is 3.37. The molecule has 0 aliphatic heterocycles. The van der Waals surface area contributed by atoms with E-state index >= 15 is 0 Å². The van der Waals surface area contributed by atoms with E-state index in [1.165, 1.54) is 0 Å². The minimum Gasteiger partial charge on any atom is -0.478 e. The number of imidazole rings is 2. The molecule has 154 valence electrons. The largest absolute Gasteiger partial charge is 0.478 e. The molecule has 4 aromatic heterocycles. The van der Waals surface area contributed by atoms with Gasteiger partial charge in [-0.1, -0.05) is 12.0 Å². The van der Waals surface area contributed by atoms with Crippen LogP contribution in [-0.4, -0.2) is 40.3 Å². The first-order valence-corrected chi connectivity index (χ1v) is 9.76. The van der Waals surface area contributed by atoms with Crippen LogP contribution >= 0.6 is 0 Å². The van der Waals surface area contributed by atoms with Crippen molar-refractivity contribution in [3.8, 4) is 11.8 Å². The Labute approximate surface area is 182 Å². The van der Waals surface area contributed by atoms with Crippen LogP contribution in [0.5, 0.6) is 0 Å². The summed E-state index contributed by atoms with van der Waals surface area (Å²) in [5, 5.41) is 18.1. The van der Waals surface area contributed by atoms with E-state index in [0.717, 1.165) is 11.3 Å². The van der Waals surface area contributed by atoms with E-state index in [-0.39, 0.29) is 5.56 Å². The third-order valence-corrected chi connectivity index (χ3v) is 4.97. The van der Waals surface area contributed by atoms with E-state index in [2.05, 4.69) is 32.0 Å². The lowest BCUT2D eigenvalue weighted by molar-refractivity contribution is 0.0697. The Kier molecular flexibility index (Phi) is 4.69. The highest BCUT2D eigenvalue weighted by Gasteiger charge is 2.11. The van der Waals surface area contributed by atoms with Gasteiger partial charge in [-0.3, -0.25) is 0 Å². The molecule has 0 radical (unpaired) electrons. The topological polar surface area (TPSA) is 97.7 Å². The first kappa shape index (κ1) is 19.2. The first-order valence-electron chi connectivity index (χ1n) is 9.76. The second-order valence-electron chi connectivity index (χ2n) is 7.06. The number of hydrogen-bond acceptors (Lipinski definition) is 5. The monoisotopic (exact) mass is 420 g/mol. The Hall–Kier alpha value is -4.77.